The molecule has 8 N–H and O–H groups in total. The molecule has 95 heavy (non-hydrogen) atoms. The zero-order valence-electron chi connectivity index (χ0n) is 56.5. The van der Waals surface area contributed by atoms with E-state index in [2.05, 4.69) is 73.4 Å². The van der Waals surface area contributed by atoms with E-state index in [9.17, 15) is 48.3 Å². The minimum atomic E-state index is -2.34. The molecule has 5 rings (SSSR count). The number of allylic oxidation sites excluding steroid dienone is 1. The molecule has 0 saturated carbocycles. The smallest absolute Gasteiger partial charge is 0.416 e. The normalized spacial score (nSPS) is 14.8. The predicted molar refractivity (Wildman–Crippen MR) is 361 cm³/mol. The Morgan fingerprint density at radius 1 is 0.684 bits per heavy atom. The van der Waals surface area contributed by atoms with Gasteiger partial charge >= 0.3 is 24.2 Å². The molecule has 1 aliphatic rings. The van der Waals surface area contributed by atoms with Gasteiger partial charge in [-0.2, -0.15) is 0 Å². The molecule has 0 radical (unpaired) electrons. The molecule has 1 unspecified atom stereocenters. The van der Waals surface area contributed by atoms with E-state index in [-0.39, 0.29) is 57.5 Å². The molecule has 1 heterocycles. The Balaban J connectivity index is 1.50. The van der Waals surface area contributed by atoms with Crippen LogP contribution in [0.2, 0.25) is 16.6 Å². The molecule has 0 aromatic heterocycles. The Kier molecular flexibility index (Phi) is 29.2. The molecule has 4 aromatic carbocycles. The molecule has 1 fully saturated rings. The van der Waals surface area contributed by atoms with Crippen LogP contribution in [0.1, 0.15) is 131 Å². The fraction of sp³-hybridized carbons (Fsp3) is 0.457. The molecule has 24 nitrogen and oxygen atoms in total. The second-order valence-corrected chi connectivity index (χ2v) is 31.4. The summed E-state index contributed by atoms with van der Waals surface area (Å²) in [4.78, 5) is 125. The Morgan fingerprint density at radius 3 is 1.79 bits per heavy atom. The third-order valence-corrected chi connectivity index (χ3v) is 21.5. The summed E-state index contributed by atoms with van der Waals surface area (Å²) in [6.45, 7) is 22.0. The fourth-order valence-corrected chi connectivity index (χ4v) is 16.3. The number of hydrogen-bond acceptors (Lipinski definition) is 16. The Bertz CT molecular complexity index is 3260. The molecule has 0 bridgehead atoms. The molecule has 0 aliphatic carbocycles. The van der Waals surface area contributed by atoms with E-state index >= 15 is 0 Å². The molecule has 514 valence electrons. The average molecular weight is 1330 g/mol. The zero-order valence-corrected chi connectivity index (χ0v) is 57.5. The van der Waals surface area contributed by atoms with Crippen molar-refractivity contribution in [2.45, 2.75) is 186 Å². The van der Waals surface area contributed by atoms with Gasteiger partial charge in [0.25, 0.3) is 14.2 Å². The van der Waals surface area contributed by atoms with Crippen molar-refractivity contribution in [3.8, 4) is 5.75 Å². The monoisotopic (exact) mass is 1330 g/mol. The second kappa shape index (κ2) is 36.3. The van der Waals surface area contributed by atoms with Crippen molar-refractivity contribution in [2.75, 3.05) is 19.6 Å². The largest absolute Gasteiger partial charge is 0.543 e. The number of carbonyl (C=O) groups excluding carboxylic acids is 9. The van der Waals surface area contributed by atoms with Gasteiger partial charge in [-0.15, -0.1) is 0 Å². The van der Waals surface area contributed by atoms with Crippen LogP contribution in [-0.2, 0) is 67.3 Å². The van der Waals surface area contributed by atoms with Crippen molar-refractivity contribution in [3.05, 3.63) is 155 Å². The quantitative estimate of drug-likeness (QED) is 0.00353. The molecule has 1 saturated heterocycles. The summed E-state index contributed by atoms with van der Waals surface area (Å²) in [5.41, 5.74) is 1.75. The van der Waals surface area contributed by atoms with E-state index in [0.717, 1.165) is 11.0 Å². The Labute approximate surface area is 558 Å². The van der Waals surface area contributed by atoms with Gasteiger partial charge in [0.15, 0.2) is 6.10 Å². The number of benzene rings is 4. The topological polar surface area (TPSA) is 323 Å². The number of hydrogen-bond donors (Lipinski definition) is 8. The van der Waals surface area contributed by atoms with Gasteiger partial charge in [-0.3, -0.25) is 34.7 Å². The van der Waals surface area contributed by atoms with Crippen LogP contribution in [0.5, 0.6) is 5.75 Å². The first-order chi connectivity index (χ1) is 44.9. The van der Waals surface area contributed by atoms with Gasteiger partial charge in [-0.1, -0.05) is 145 Å². The van der Waals surface area contributed by atoms with Gasteiger partial charge < -0.3 is 60.0 Å². The first kappa shape index (κ1) is 76.3. The van der Waals surface area contributed by atoms with Gasteiger partial charge in [-0.25, -0.2) is 24.1 Å². The first-order valence-electron chi connectivity index (χ1n) is 32.0. The summed E-state index contributed by atoms with van der Waals surface area (Å²) in [5.74, 6) is -4.27. The summed E-state index contributed by atoms with van der Waals surface area (Å²) < 4.78 is 28.7. The highest BCUT2D eigenvalue weighted by atomic mass is 28.4. The highest BCUT2D eigenvalue weighted by Gasteiger charge is 2.47. The van der Waals surface area contributed by atoms with E-state index < -0.39 is 117 Å². The number of nitrogens with one attached hydrogen (secondary N) is 7. The number of rotatable bonds is 30. The zero-order chi connectivity index (χ0) is 70.0. The van der Waals surface area contributed by atoms with Crippen LogP contribution in [-0.4, -0.2) is 145 Å². The highest BCUT2D eigenvalue weighted by Crippen LogP contribution is 2.43. The number of ether oxygens (including phenoxy) is 4. The maximum atomic E-state index is 14.9. The lowest BCUT2D eigenvalue weighted by Crippen LogP contribution is -2.59. The van der Waals surface area contributed by atoms with E-state index in [4.69, 9.17) is 28.8 Å². The van der Waals surface area contributed by atoms with E-state index in [0.29, 0.717) is 51.0 Å². The SMILES string of the molecule is CC(C)[Si](Oc1ccc(/C=C(/C=C/C(=O)OC(C)(C)C)NC(=O)[C@H](Cc2ccccc2)NC(=O)C(O)[C@H](CCCN(C(=N)NC(=O)OCc2ccccc2)C(=O)OCc2ccccc2)NC(=O)[C@H]2CCCN2C(=O)[C@H](CNC(=O)OC(C)(C)C)NC=O)cc1)(C(C)C)C(C)C. The number of aliphatic hydroxyl groups is 1. The van der Waals surface area contributed by atoms with Crippen molar-refractivity contribution < 1.29 is 71.6 Å². The molecule has 4 aromatic rings. The standard InChI is InChI=1S/C70H95N9O15Si/c1-46(2)95(47(3)4,48(5)6)94-54-35-32-50(33-36-54)40-53(34-37-59(81)92-69(7,8)9)74-61(83)56(41-49-24-16-13-17-25-49)76-63(85)60(82)55(75-62(84)58-31-23-38-78(58)64(86)57(73-45-80)42-72-66(87)93-70(10,11)12)30-22-39-79(68(89)91-44-52-28-20-15-21-29-52)65(71)77-67(88)90-43-51-26-18-14-19-27-51/h13-21,24-29,32-37,40,45-48,55-58,60,82H,22-23,30-31,38-39,41-44H2,1-12H3,(H,72,87)(H,73,80)(H,74,83)(H,75,84)(H,76,85)(H2,71,77,88)/b37-34+,53-40-/t55-,56-,57-,58+,60?/m0/s1. The lowest BCUT2D eigenvalue weighted by molar-refractivity contribution is -0.148. The number of carbonyl (C=O) groups is 9. The maximum Gasteiger partial charge on any atom is 0.416 e. The molecule has 0 spiro atoms. The van der Waals surface area contributed by atoms with Crippen LogP contribution in [0, 0.1) is 5.41 Å². The molecule has 1 aliphatic heterocycles. The van der Waals surface area contributed by atoms with E-state index in [1.54, 1.807) is 139 Å². The van der Waals surface area contributed by atoms with Crippen LogP contribution in [0.3, 0.4) is 0 Å². The lowest BCUT2D eigenvalue weighted by atomic mass is 10.0. The van der Waals surface area contributed by atoms with Crippen LogP contribution in [0.4, 0.5) is 14.4 Å². The van der Waals surface area contributed by atoms with Crippen LogP contribution in [0.25, 0.3) is 6.08 Å². The van der Waals surface area contributed by atoms with E-state index in [1.165, 1.54) is 11.0 Å². The van der Waals surface area contributed by atoms with Crippen LogP contribution < -0.4 is 36.3 Å². The van der Waals surface area contributed by atoms with Crippen molar-refractivity contribution in [1.29, 1.82) is 5.41 Å². The fourth-order valence-electron chi connectivity index (χ4n) is 11.1. The predicted octanol–water partition coefficient (Wildman–Crippen LogP) is 9.08. The third-order valence-electron chi connectivity index (χ3n) is 15.5. The minimum Gasteiger partial charge on any atom is -0.543 e. The number of likely N-dealkylation sites (tertiary alicyclic amines) is 1. The van der Waals surface area contributed by atoms with Gasteiger partial charge in [0.05, 0.1) is 12.6 Å². The number of alkyl carbamates (subject to hydrolysis) is 2. The van der Waals surface area contributed by atoms with Crippen molar-refractivity contribution in [1.82, 2.24) is 41.7 Å². The summed E-state index contributed by atoms with van der Waals surface area (Å²) in [6.07, 6.45) is -1.03. The molecule has 5 atom stereocenters. The Morgan fingerprint density at radius 2 is 1.24 bits per heavy atom. The van der Waals surface area contributed by atoms with Crippen molar-refractivity contribution in [3.63, 3.8) is 0 Å². The molecular weight excluding hydrogens is 1230 g/mol. The average Bonchev–Trinajstić information content (AvgIpc) is 1.23. The van der Waals surface area contributed by atoms with Gasteiger partial charge in [-0.05, 0) is 130 Å². The summed E-state index contributed by atoms with van der Waals surface area (Å²) in [7, 11) is -2.34. The number of nitrogens with zero attached hydrogens (tertiary/aromatic N) is 2. The Hall–Kier alpha value is -9.36. The second-order valence-electron chi connectivity index (χ2n) is 26.0. The highest BCUT2D eigenvalue weighted by molar-refractivity contribution is 6.78. The number of esters is 1. The number of amides is 8. The number of guanidine groups is 1. The van der Waals surface area contributed by atoms with Crippen LogP contribution in [0.15, 0.2) is 133 Å². The number of aliphatic hydroxyl groups excluding tert-OH is 1. The molecule has 25 heteroatoms. The van der Waals surface area contributed by atoms with Crippen molar-refractivity contribution in [2.24, 2.45) is 0 Å². The van der Waals surface area contributed by atoms with Crippen molar-refractivity contribution >= 4 is 74.6 Å². The third kappa shape index (κ3) is 24.8. The molecule has 8 amide bonds. The first-order valence-corrected chi connectivity index (χ1v) is 34.1. The minimum absolute atomic E-state index is 0.0351. The molecular formula is C70H95N9O15Si. The maximum absolute atomic E-state index is 14.9. The van der Waals surface area contributed by atoms with Gasteiger partial charge in [0.2, 0.25) is 30.1 Å². The van der Waals surface area contributed by atoms with E-state index in [1.807, 2.05) is 24.3 Å². The summed E-state index contributed by atoms with van der Waals surface area (Å²) in [5, 5.41) is 36.6. The summed E-state index contributed by atoms with van der Waals surface area (Å²) >= 11 is 0. The van der Waals surface area contributed by atoms with Crippen LogP contribution >= 0.6 is 0 Å². The van der Waals surface area contributed by atoms with Gasteiger partial charge in [0, 0.05) is 31.3 Å². The lowest BCUT2D eigenvalue weighted by Gasteiger charge is -2.42. The van der Waals surface area contributed by atoms with Gasteiger partial charge in [0.1, 0.15) is 48.3 Å². The summed E-state index contributed by atoms with van der Waals surface area (Å²) in [6, 6.07) is 27.8.